The van der Waals surface area contributed by atoms with Crippen LogP contribution in [0.3, 0.4) is 0 Å². The van der Waals surface area contributed by atoms with Crippen molar-refractivity contribution in [2.45, 2.75) is 6.92 Å². The summed E-state index contributed by atoms with van der Waals surface area (Å²) in [6.07, 6.45) is 0. The number of nitro benzene ring substituents is 1. The molecule has 2 aromatic carbocycles. The molecule has 0 heterocycles. The van der Waals surface area contributed by atoms with Crippen molar-refractivity contribution in [3.05, 3.63) is 64.0 Å². The number of nitrogens with zero attached hydrogens (tertiary/aromatic N) is 1. The van der Waals surface area contributed by atoms with Crippen LogP contribution in [0.4, 0.5) is 21.5 Å². The number of nitro groups is 1. The van der Waals surface area contributed by atoms with Crippen molar-refractivity contribution in [3.8, 4) is 0 Å². The van der Waals surface area contributed by atoms with Gasteiger partial charge in [-0.05, 0) is 31.2 Å². The molecule has 0 fully saturated rings. The van der Waals surface area contributed by atoms with Gasteiger partial charge in [0, 0.05) is 17.4 Å². The van der Waals surface area contributed by atoms with Gasteiger partial charge in [-0.15, -0.1) is 0 Å². The predicted octanol–water partition coefficient (Wildman–Crippen LogP) is 3.09. The first kappa shape index (κ1) is 15.4. The van der Waals surface area contributed by atoms with Crippen molar-refractivity contribution in [2.24, 2.45) is 0 Å². The number of hydrogen-bond acceptors (Lipinski definition) is 4. The van der Waals surface area contributed by atoms with E-state index in [4.69, 9.17) is 0 Å². The Hall–Kier alpha value is -2.96. The number of carbonyl (C=O) groups is 1. The quantitative estimate of drug-likeness (QED) is 0.656. The Kier molecular flexibility index (Phi) is 4.67. The van der Waals surface area contributed by atoms with Crippen LogP contribution in [0.1, 0.15) is 5.56 Å². The van der Waals surface area contributed by atoms with Gasteiger partial charge in [-0.25, -0.2) is 0 Å². The van der Waals surface area contributed by atoms with Gasteiger partial charge in [-0.2, -0.15) is 4.39 Å². The van der Waals surface area contributed by atoms with Crippen molar-refractivity contribution in [1.82, 2.24) is 0 Å². The third-order valence-electron chi connectivity index (χ3n) is 2.93. The lowest BCUT2D eigenvalue weighted by molar-refractivity contribution is -0.387. The first-order chi connectivity index (χ1) is 10.5. The highest BCUT2D eigenvalue weighted by Crippen LogP contribution is 2.21. The number of halogens is 1. The van der Waals surface area contributed by atoms with E-state index >= 15 is 0 Å². The van der Waals surface area contributed by atoms with E-state index in [0.29, 0.717) is 11.4 Å². The smallest absolute Gasteiger partial charge is 0.306 e. The van der Waals surface area contributed by atoms with E-state index in [-0.39, 0.29) is 12.5 Å². The number of benzene rings is 2. The molecule has 0 aliphatic carbocycles. The summed E-state index contributed by atoms with van der Waals surface area (Å²) in [5.74, 6) is -1.23. The SMILES string of the molecule is Cc1ccc(NC(=O)CNc2ccc(F)c([N+](=O)[O-])c2)cc1. The highest BCUT2D eigenvalue weighted by atomic mass is 19.1. The molecule has 0 aliphatic rings. The molecule has 6 nitrogen and oxygen atoms in total. The van der Waals surface area contributed by atoms with Crippen molar-refractivity contribution in [1.29, 1.82) is 0 Å². The maximum absolute atomic E-state index is 13.2. The summed E-state index contributed by atoms with van der Waals surface area (Å²) in [7, 11) is 0. The van der Waals surface area contributed by atoms with E-state index in [2.05, 4.69) is 10.6 Å². The zero-order valence-corrected chi connectivity index (χ0v) is 11.8. The van der Waals surface area contributed by atoms with Crippen molar-refractivity contribution in [3.63, 3.8) is 0 Å². The van der Waals surface area contributed by atoms with Crippen LogP contribution in [0.5, 0.6) is 0 Å². The fourth-order valence-corrected chi connectivity index (χ4v) is 1.79. The van der Waals surface area contributed by atoms with E-state index in [1.807, 2.05) is 19.1 Å². The molecule has 0 radical (unpaired) electrons. The van der Waals surface area contributed by atoms with E-state index < -0.39 is 16.4 Å². The molecule has 0 aromatic heterocycles. The van der Waals surface area contributed by atoms with Gasteiger partial charge in [0.2, 0.25) is 11.7 Å². The number of aryl methyl sites for hydroxylation is 1. The molecule has 2 N–H and O–H groups in total. The average Bonchev–Trinajstić information content (AvgIpc) is 2.48. The summed E-state index contributed by atoms with van der Waals surface area (Å²) in [5, 5.41) is 16.0. The Bertz CT molecular complexity index is 702. The number of rotatable bonds is 5. The summed E-state index contributed by atoms with van der Waals surface area (Å²) in [5.41, 5.74) is 1.40. The van der Waals surface area contributed by atoms with E-state index in [9.17, 15) is 19.3 Å². The standard InChI is InChI=1S/C15H14FN3O3/c1-10-2-4-11(5-3-10)18-15(20)9-17-12-6-7-13(16)14(8-12)19(21)22/h2-8,17H,9H2,1H3,(H,18,20). The highest BCUT2D eigenvalue weighted by molar-refractivity contribution is 5.93. The van der Waals surface area contributed by atoms with Crippen molar-refractivity contribution in [2.75, 3.05) is 17.2 Å². The molecule has 0 spiro atoms. The molecule has 1 amide bonds. The van der Waals surface area contributed by atoms with Crippen LogP contribution in [0.15, 0.2) is 42.5 Å². The molecule has 2 aromatic rings. The monoisotopic (exact) mass is 303 g/mol. The van der Waals surface area contributed by atoms with Gasteiger partial charge in [-0.1, -0.05) is 17.7 Å². The minimum Gasteiger partial charge on any atom is -0.376 e. The van der Waals surface area contributed by atoms with E-state index in [1.54, 1.807) is 12.1 Å². The van der Waals surface area contributed by atoms with Gasteiger partial charge in [0.15, 0.2) is 0 Å². The fourth-order valence-electron chi connectivity index (χ4n) is 1.79. The molecular weight excluding hydrogens is 289 g/mol. The first-order valence-corrected chi connectivity index (χ1v) is 6.50. The van der Waals surface area contributed by atoms with Crippen LogP contribution in [-0.4, -0.2) is 17.4 Å². The van der Waals surface area contributed by atoms with Gasteiger partial charge in [-0.3, -0.25) is 14.9 Å². The summed E-state index contributed by atoms with van der Waals surface area (Å²) in [6.45, 7) is 1.85. The third kappa shape index (κ3) is 4.02. The Morgan fingerprint density at radius 2 is 1.82 bits per heavy atom. The number of hydrogen-bond donors (Lipinski definition) is 2. The van der Waals surface area contributed by atoms with Gasteiger partial charge in [0.1, 0.15) is 0 Å². The summed E-state index contributed by atoms with van der Waals surface area (Å²) < 4.78 is 13.2. The maximum atomic E-state index is 13.2. The zero-order valence-electron chi connectivity index (χ0n) is 11.8. The minimum absolute atomic E-state index is 0.0866. The van der Waals surface area contributed by atoms with Crippen molar-refractivity contribution >= 4 is 23.0 Å². The summed E-state index contributed by atoms with van der Waals surface area (Å²) in [6, 6.07) is 10.7. The molecule has 0 aliphatic heterocycles. The maximum Gasteiger partial charge on any atom is 0.306 e. The second-order valence-electron chi connectivity index (χ2n) is 4.69. The Morgan fingerprint density at radius 1 is 1.18 bits per heavy atom. The molecule has 114 valence electrons. The summed E-state index contributed by atoms with van der Waals surface area (Å²) in [4.78, 5) is 21.6. The molecule has 0 atom stereocenters. The largest absolute Gasteiger partial charge is 0.376 e. The Morgan fingerprint density at radius 3 is 2.45 bits per heavy atom. The highest BCUT2D eigenvalue weighted by Gasteiger charge is 2.14. The van der Waals surface area contributed by atoms with Crippen LogP contribution in [0.2, 0.25) is 0 Å². The number of amides is 1. The van der Waals surface area contributed by atoms with Crippen LogP contribution < -0.4 is 10.6 Å². The van der Waals surface area contributed by atoms with Gasteiger partial charge in [0.05, 0.1) is 11.5 Å². The van der Waals surface area contributed by atoms with E-state index in [1.165, 1.54) is 6.07 Å². The summed E-state index contributed by atoms with van der Waals surface area (Å²) >= 11 is 0. The van der Waals surface area contributed by atoms with Gasteiger partial charge >= 0.3 is 5.69 Å². The topological polar surface area (TPSA) is 84.3 Å². The molecule has 22 heavy (non-hydrogen) atoms. The van der Waals surface area contributed by atoms with Crippen LogP contribution in [-0.2, 0) is 4.79 Å². The lowest BCUT2D eigenvalue weighted by Gasteiger charge is -2.08. The molecule has 0 saturated heterocycles. The van der Waals surface area contributed by atoms with Crippen LogP contribution >= 0.6 is 0 Å². The van der Waals surface area contributed by atoms with E-state index in [0.717, 1.165) is 17.7 Å². The van der Waals surface area contributed by atoms with Gasteiger partial charge in [0.25, 0.3) is 0 Å². The van der Waals surface area contributed by atoms with Crippen LogP contribution in [0, 0.1) is 22.9 Å². The zero-order chi connectivity index (χ0) is 16.1. The normalized spacial score (nSPS) is 10.1. The Labute approximate surface area is 126 Å². The fraction of sp³-hybridized carbons (Fsp3) is 0.133. The molecule has 7 heteroatoms. The molecule has 2 rings (SSSR count). The lowest BCUT2D eigenvalue weighted by atomic mass is 10.2. The second-order valence-corrected chi connectivity index (χ2v) is 4.69. The first-order valence-electron chi connectivity index (χ1n) is 6.50. The van der Waals surface area contributed by atoms with Crippen molar-refractivity contribution < 1.29 is 14.1 Å². The minimum atomic E-state index is -0.917. The number of nitrogens with one attached hydrogen (secondary N) is 2. The second kappa shape index (κ2) is 6.66. The number of anilines is 2. The van der Waals surface area contributed by atoms with Crippen LogP contribution in [0.25, 0.3) is 0 Å². The number of carbonyl (C=O) groups excluding carboxylic acids is 1. The van der Waals surface area contributed by atoms with Gasteiger partial charge < -0.3 is 10.6 Å². The molecule has 0 saturated carbocycles. The molecular formula is C15H14FN3O3. The lowest BCUT2D eigenvalue weighted by Crippen LogP contribution is -2.21. The third-order valence-corrected chi connectivity index (χ3v) is 2.93. The molecule has 0 unspecified atom stereocenters. The molecule has 0 bridgehead atoms. The average molecular weight is 303 g/mol. The Balaban J connectivity index is 1.95. The predicted molar refractivity (Wildman–Crippen MR) is 81.4 cm³/mol.